The lowest BCUT2D eigenvalue weighted by molar-refractivity contribution is -0.145. The number of nitrogens with one attached hydrogen (secondary N) is 1. The van der Waals surface area contributed by atoms with E-state index in [1.54, 1.807) is 32.0 Å². The number of sulfonamides is 1. The van der Waals surface area contributed by atoms with Gasteiger partial charge < -0.3 is 10.4 Å². The lowest BCUT2D eigenvalue weighted by Crippen LogP contribution is -2.55. The van der Waals surface area contributed by atoms with Gasteiger partial charge in [0.2, 0.25) is 10.0 Å². The van der Waals surface area contributed by atoms with Crippen LogP contribution in [0.15, 0.2) is 18.2 Å². The summed E-state index contributed by atoms with van der Waals surface area (Å²) in [5.41, 5.74) is 0.878. The summed E-state index contributed by atoms with van der Waals surface area (Å²) in [4.78, 5) is 24.4. The molecule has 1 aliphatic carbocycles. The minimum Gasteiger partial charge on any atom is -0.481 e. The zero-order chi connectivity index (χ0) is 19.8. The van der Waals surface area contributed by atoms with E-state index in [0.29, 0.717) is 42.6 Å². The molecule has 148 valence electrons. The Morgan fingerprint density at radius 2 is 2.00 bits per heavy atom. The van der Waals surface area contributed by atoms with Gasteiger partial charge in [0.1, 0.15) is 0 Å². The summed E-state index contributed by atoms with van der Waals surface area (Å²) in [5.74, 6) is -1.67. The first kappa shape index (κ1) is 19.7. The van der Waals surface area contributed by atoms with Crippen LogP contribution in [0.3, 0.4) is 0 Å². The van der Waals surface area contributed by atoms with Crippen molar-refractivity contribution in [3.8, 4) is 0 Å². The summed E-state index contributed by atoms with van der Waals surface area (Å²) >= 11 is 0. The lowest BCUT2D eigenvalue weighted by atomic mass is 9.73. The highest BCUT2D eigenvalue weighted by atomic mass is 32.2. The van der Waals surface area contributed by atoms with Crippen molar-refractivity contribution in [2.45, 2.75) is 51.5 Å². The normalized spacial score (nSPS) is 27.3. The second-order valence-electron chi connectivity index (χ2n) is 7.75. The molecule has 1 saturated heterocycles. The Morgan fingerprint density at radius 1 is 1.26 bits per heavy atom. The second kappa shape index (κ2) is 7.14. The highest BCUT2D eigenvalue weighted by molar-refractivity contribution is 7.93. The zero-order valence-corrected chi connectivity index (χ0v) is 16.5. The molecular formula is C19H26N2O5S. The number of carbonyl (C=O) groups is 2. The standard InChI is InChI=1S/C19H26N2O5S/c1-13-12-14(21-10-5-11-27(21,25)26)7-8-15(13)17(22)20-19(2)9-4-3-6-16(19)18(23)24/h7-8,12,16H,3-6,9-11H2,1-2H3,(H,20,22)(H,23,24). The number of carboxylic acid groups (broad SMARTS) is 1. The molecule has 1 aromatic carbocycles. The quantitative estimate of drug-likeness (QED) is 0.815. The number of amides is 1. The van der Waals surface area contributed by atoms with Crippen LogP contribution in [0.4, 0.5) is 5.69 Å². The van der Waals surface area contributed by atoms with Gasteiger partial charge in [-0.15, -0.1) is 0 Å². The first-order valence-electron chi connectivity index (χ1n) is 9.30. The number of aliphatic carboxylic acids is 1. The molecule has 2 N–H and O–H groups in total. The Bertz CT molecular complexity index is 867. The molecule has 0 spiro atoms. The van der Waals surface area contributed by atoms with Crippen molar-refractivity contribution >= 4 is 27.6 Å². The second-order valence-corrected chi connectivity index (χ2v) is 9.76. The van der Waals surface area contributed by atoms with Gasteiger partial charge in [0.05, 0.1) is 22.9 Å². The molecule has 1 heterocycles. The third kappa shape index (κ3) is 3.81. The fourth-order valence-corrected chi connectivity index (χ4v) is 5.75. The van der Waals surface area contributed by atoms with E-state index < -0.39 is 27.4 Å². The van der Waals surface area contributed by atoms with Crippen LogP contribution in [0.1, 0.15) is 54.9 Å². The Hall–Kier alpha value is -2.09. The van der Waals surface area contributed by atoms with Crippen molar-refractivity contribution in [3.63, 3.8) is 0 Å². The highest BCUT2D eigenvalue weighted by Crippen LogP contribution is 2.34. The predicted molar refractivity (Wildman–Crippen MR) is 102 cm³/mol. The van der Waals surface area contributed by atoms with Gasteiger partial charge in [-0.1, -0.05) is 12.8 Å². The summed E-state index contributed by atoms with van der Waals surface area (Å²) in [6.45, 7) is 4.01. The molecular weight excluding hydrogens is 368 g/mol. The van der Waals surface area contributed by atoms with E-state index in [9.17, 15) is 23.1 Å². The molecule has 1 amide bonds. The lowest BCUT2D eigenvalue weighted by Gasteiger charge is -2.40. The van der Waals surface area contributed by atoms with E-state index in [1.807, 2.05) is 0 Å². The van der Waals surface area contributed by atoms with E-state index >= 15 is 0 Å². The summed E-state index contributed by atoms with van der Waals surface area (Å²) in [6.07, 6.45) is 3.50. The summed E-state index contributed by atoms with van der Waals surface area (Å²) in [5, 5.41) is 12.4. The van der Waals surface area contributed by atoms with E-state index in [0.717, 1.165) is 12.8 Å². The molecule has 2 aliphatic rings. The van der Waals surface area contributed by atoms with E-state index in [1.165, 1.54) is 4.31 Å². The van der Waals surface area contributed by atoms with Gasteiger partial charge in [-0.05, 0) is 56.9 Å². The minimum atomic E-state index is -3.27. The Balaban J connectivity index is 1.82. The molecule has 27 heavy (non-hydrogen) atoms. The van der Waals surface area contributed by atoms with Crippen molar-refractivity contribution < 1.29 is 23.1 Å². The molecule has 2 fully saturated rings. The maximum Gasteiger partial charge on any atom is 0.308 e. The molecule has 2 unspecified atom stereocenters. The van der Waals surface area contributed by atoms with Crippen LogP contribution in [0, 0.1) is 12.8 Å². The van der Waals surface area contributed by atoms with Crippen LogP contribution in [0.25, 0.3) is 0 Å². The van der Waals surface area contributed by atoms with Crippen LogP contribution in [0.2, 0.25) is 0 Å². The molecule has 0 radical (unpaired) electrons. The third-order valence-electron chi connectivity index (χ3n) is 5.75. The number of nitrogens with zero attached hydrogens (tertiary/aromatic N) is 1. The van der Waals surface area contributed by atoms with Gasteiger partial charge >= 0.3 is 5.97 Å². The molecule has 3 rings (SSSR count). The maximum atomic E-state index is 12.8. The number of hydrogen-bond acceptors (Lipinski definition) is 4. The molecule has 7 nitrogen and oxygen atoms in total. The van der Waals surface area contributed by atoms with Gasteiger partial charge in [-0.3, -0.25) is 13.9 Å². The van der Waals surface area contributed by atoms with Gasteiger partial charge in [-0.25, -0.2) is 8.42 Å². The van der Waals surface area contributed by atoms with Crippen molar-refractivity contribution in [3.05, 3.63) is 29.3 Å². The fraction of sp³-hybridized carbons (Fsp3) is 0.579. The number of aryl methyl sites for hydroxylation is 1. The van der Waals surface area contributed by atoms with Gasteiger partial charge in [0.25, 0.3) is 5.91 Å². The number of carboxylic acids is 1. The smallest absolute Gasteiger partial charge is 0.308 e. The molecule has 0 bridgehead atoms. The van der Waals surface area contributed by atoms with Crippen molar-refractivity contribution in [1.82, 2.24) is 5.32 Å². The monoisotopic (exact) mass is 394 g/mol. The van der Waals surface area contributed by atoms with E-state index in [2.05, 4.69) is 5.32 Å². The number of benzene rings is 1. The number of rotatable bonds is 4. The molecule has 0 aromatic heterocycles. The van der Waals surface area contributed by atoms with Crippen LogP contribution in [-0.4, -0.2) is 43.2 Å². The van der Waals surface area contributed by atoms with Crippen LogP contribution in [-0.2, 0) is 14.8 Å². The maximum absolute atomic E-state index is 12.8. The van der Waals surface area contributed by atoms with Crippen molar-refractivity contribution in [2.24, 2.45) is 5.92 Å². The van der Waals surface area contributed by atoms with Crippen molar-refractivity contribution in [2.75, 3.05) is 16.6 Å². The van der Waals surface area contributed by atoms with Gasteiger partial charge in [0, 0.05) is 12.1 Å². The summed E-state index contributed by atoms with van der Waals surface area (Å²) < 4.78 is 25.6. The number of carbonyl (C=O) groups excluding carboxylic acids is 1. The number of hydrogen-bond donors (Lipinski definition) is 2. The minimum absolute atomic E-state index is 0.142. The predicted octanol–water partition coefficient (Wildman–Crippen LogP) is 2.30. The topological polar surface area (TPSA) is 104 Å². The Labute approximate surface area is 159 Å². The molecule has 1 aromatic rings. The van der Waals surface area contributed by atoms with Crippen LogP contribution >= 0.6 is 0 Å². The Kier molecular flexibility index (Phi) is 5.20. The third-order valence-corrected chi connectivity index (χ3v) is 7.62. The molecule has 2 atom stereocenters. The van der Waals surface area contributed by atoms with Crippen molar-refractivity contribution in [1.29, 1.82) is 0 Å². The summed E-state index contributed by atoms with van der Waals surface area (Å²) in [7, 11) is -3.27. The molecule has 1 aliphatic heterocycles. The Morgan fingerprint density at radius 3 is 2.59 bits per heavy atom. The fourth-order valence-electron chi connectivity index (χ4n) is 4.19. The largest absolute Gasteiger partial charge is 0.481 e. The zero-order valence-electron chi connectivity index (χ0n) is 15.7. The van der Waals surface area contributed by atoms with E-state index in [4.69, 9.17) is 0 Å². The average molecular weight is 394 g/mol. The highest BCUT2D eigenvalue weighted by Gasteiger charge is 2.42. The average Bonchev–Trinajstić information content (AvgIpc) is 2.93. The first-order chi connectivity index (χ1) is 12.6. The van der Waals surface area contributed by atoms with Gasteiger partial charge in [0.15, 0.2) is 0 Å². The molecule has 1 saturated carbocycles. The van der Waals surface area contributed by atoms with Gasteiger partial charge in [-0.2, -0.15) is 0 Å². The first-order valence-corrected chi connectivity index (χ1v) is 10.9. The van der Waals surface area contributed by atoms with E-state index in [-0.39, 0.29) is 11.7 Å². The number of anilines is 1. The van der Waals surface area contributed by atoms with Crippen LogP contribution < -0.4 is 9.62 Å². The van der Waals surface area contributed by atoms with Crippen LogP contribution in [0.5, 0.6) is 0 Å². The SMILES string of the molecule is Cc1cc(N2CCCS2(=O)=O)ccc1C(=O)NC1(C)CCCCC1C(=O)O. The molecule has 8 heteroatoms. The summed E-state index contributed by atoms with van der Waals surface area (Å²) in [6, 6.07) is 4.97.